The minimum absolute atomic E-state index is 0.0205. The lowest BCUT2D eigenvalue weighted by Gasteiger charge is -2.31. The van der Waals surface area contributed by atoms with E-state index < -0.39 is 0 Å². The second-order valence-corrected chi connectivity index (χ2v) is 7.89. The van der Waals surface area contributed by atoms with Crippen molar-refractivity contribution in [3.8, 4) is 11.5 Å². The zero-order valence-corrected chi connectivity index (χ0v) is 17.5. The molecule has 2 amide bonds. The summed E-state index contributed by atoms with van der Waals surface area (Å²) in [5.41, 5.74) is 0.906. The molecule has 0 radical (unpaired) electrons. The maximum Gasteiger partial charge on any atom is 0.228 e. The molecule has 0 unspecified atom stereocenters. The lowest BCUT2D eigenvalue weighted by atomic mass is 9.95. The highest BCUT2D eigenvalue weighted by Crippen LogP contribution is 2.33. The molecule has 8 heteroatoms. The summed E-state index contributed by atoms with van der Waals surface area (Å²) in [6, 6.07) is 7.47. The molecule has 1 saturated carbocycles. The Labute approximate surface area is 176 Å². The van der Waals surface area contributed by atoms with Crippen LogP contribution in [0.25, 0.3) is 0 Å². The number of hydrogen-bond acceptors (Lipinski definition) is 5. The fourth-order valence-corrected chi connectivity index (χ4v) is 3.98. The third kappa shape index (κ3) is 4.27. The Kier molecular flexibility index (Phi) is 5.92. The molecule has 2 aliphatic rings. The normalized spacial score (nSPS) is 16.9. The Morgan fingerprint density at radius 3 is 2.50 bits per heavy atom. The zero-order valence-electron chi connectivity index (χ0n) is 17.5. The van der Waals surface area contributed by atoms with Crippen LogP contribution in [0.3, 0.4) is 0 Å². The van der Waals surface area contributed by atoms with Crippen molar-refractivity contribution in [1.29, 1.82) is 0 Å². The number of methoxy groups -OCH3 is 2. The van der Waals surface area contributed by atoms with Crippen LogP contribution in [0.1, 0.15) is 31.2 Å². The van der Waals surface area contributed by atoms with Crippen LogP contribution >= 0.6 is 0 Å². The van der Waals surface area contributed by atoms with E-state index in [0.29, 0.717) is 49.8 Å². The molecule has 0 spiro atoms. The van der Waals surface area contributed by atoms with Gasteiger partial charge >= 0.3 is 0 Å². The maximum absolute atomic E-state index is 12.8. The third-order valence-corrected chi connectivity index (χ3v) is 5.88. The van der Waals surface area contributed by atoms with E-state index in [2.05, 4.69) is 10.4 Å². The van der Waals surface area contributed by atoms with Crippen LogP contribution in [0.15, 0.2) is 30.5 Å². The maximum atomic E-state index is 12.8. The molecule has 2 fully saturated rings. The number of nitrogens with zero attached hydrogens (tertiary/aromatic N) is 3. The molecule has 1 N–H and O–H groups in total. The number of carbonyl (C=O) groups is 2. The number of carbonyl (C=O) groups excluding carboxylic acids is 2. The molecule has 1 aliphatic carbocycles. The first kappa shape index (κ1) is 20.3. The van der Waals surface area contributed by atoms with Crippen LogP contribution in [0, 0.1) is 11.8 Å². The van der Waals surface area contributed by atoms with Crippen molar-refractivity contribution in [2.24, 2.45) is 11.8 Å². The summed E-state index contributed by atoms with van der Waals surface area (Å²) in [5.74, 6) is 2.33. The number of nitrogens with one attached hydrogen (secondary N) is 1. The van der Waals surface area contributed by atoms with Crippen molar-refractivity contribution in [2.45, 2.75) is 32.2 Å². The van der Waals surface area contributed by atoms with Gasteiger partial charge in [0.05, 0.1) is 27.0 Å². The molecule has 4 rings (SSSR count). The van der Waals surface area contributed by atoms with Crippen LogP contribution < -0.4 is 14.8 Å². The average molecular weight is 412 g/mol. The Bertz CT molecular complexity index is 914. The molecule has 160 valence electrons. The summed E-state index contributed by atoms with van der Waals surface area (Å²) < 4.78 is 12.6. The summed E-state index contributed by atoms with van der Waals surface area (Å²) in [5, 5.41) is 7.37. The number of amides is 2. The van der Waals surface area contributed by atoms with E-state index in [1.165, 1.54) is 0 Å². The van der Waals surface area contributed by atoms with E-state index >= 15 is 0 Å². The summed E-state index contributed by atoms with van der Waals surface area (Å²) in [6.45, 7) is 1.76. The largest absolute Gasteiger partial charge is 0.493 e. The molecule has 1 saturated heterocycles. The van der Waals surface area contributed by atoms with Gasteiger partial charge in [-0.15, -0.1) is 0 Å². The molecule has 8 nitrogen and oxygen atoms in total. The molecule has 2 heterocycles. The Morgan fingerprint density at radius 2 is 1.83 bits per heavy atom. The monoisotopic (exact) mass is 412 g/mol. The van der Waals surface area contributed by atoms with Gasteiger partial charge in [0, 0.05) is 36.6 Å². The van der Waals surface area contributed by atoms with Crippen molar-refractivity contribution >= 4 is 17.6 Å². The number of aromatic nitrogens is 2. The van der Waals surface area contributed by atoms with E-state index in [0.717, 1.165) is 18.4 Å². The zero-order chi connectivity index (χ0) is 21.1. The van der Waals surface area contributed by atoms with Gasteiger partial charge in [0.15, 0.2) is 11.5 Å². The molecule has 1 aliphatic heterocycles. The minimum Gasteiger partial charge on any atom is -0.493 e. The highest BCUT2D eigenvalue weighted by Gasteiger charge is 2.36. The standard InChI is InChI=1S/C22H28N4O4/c1-29-18-5-3-4-17(20(18)30-2)14-26-19(8-11-23-26)24-21(27)15-9-12-25(13-10-15)22(28)16-6-7-16/h3-5,8,11,15-16H,6-7,9-10,12-14H2,1-2H3,(H,24,27). The smallest absolute Gasteiger partial charge is 0.228 e. The van der Waals surface area contributed by atoms with Gasteiger partial charge in [0.25, 0.3) is 0 Å². The summed E-state index contributed by atoms with van der Waals surface area (Å²) in [7, 11) is 3.21. The molecule has 1 aromatic carbocycles. The average Bonchev–Trinajstić information content (AvgIpc) is 3.54. The number of piperidine rings is 1. The molecule has 0 atom stereocenters. The number of ether oxygens (including phenoxy) is 2. The van der Waals surface area contributed by atoms with Crippen molar-refractivity contribution in [3.05, 3.63) is 36.0 Å². The highest BCUT2D eigenvalue weighted by molar-refractivity contribution is 5.92. The number of hydrogen-bond donors (Lipinski definition) is 1. The minimum atomic E-state index is -0.0945. The fraction of sp³-hybridized carbons (Fsp3) is 0.500. The number of likely N-dealkylation sites (tertiary alicyclic amines) is 1. The number of benzene rings is 1. The number of anilines is 1. The van der Waals surface area contributed by atoms with Crippen LogP contribution in [0.2, 0.25) is 0 Å². The number of para-hydroxylation sites is 1. The Morgan fingerprint density at radius 1 is 1.07 bits per heavy atom. The van der Waals surface area contributed by atoms with Gasteiger partial charge in [-0.2, -0.15) is 5.10 Å². The fourth-order valence-electron chi connectivity index (χ4n) is 3.98. The Hall–Kier alpha value is -3.03. The van der Waals surface area contributed by atoms with Gasteiger partial charge in [0.1, 0.15) is 5.82 Å². The van der Waals surface area contributed by atoms with Gasteiger partial charge < -0.3 is 19.7 Å². The van der Waals surface area contributed by atoms with E-state index in [9.17, 15) is 9.59 Å². The van der Waals surface area contributed by atoms with Crippen molar-refractivity contribution < 1.29 is 19.1 Å². The second-order valence-electron chi connectivity index (χ2n) is 7.89. The lowest BCUT2D eigenvalue weighted by molar-refractivity contribution is -0.135. The van der Waals surface area contributed by atoms with E-state index in [-0.39, 0.29) is 23.7 Å². The van der Waals surface area contributed by atoms with Gasteiger partial charge in [-0.1, -0.05) is 12.1 Å². The molecule has 30 heavy (non-hydrogen) atoms. The van der Waals surface area contributed by atoms with Gasteiger partial charge in [-0.05, 0) is 31.7 Å². The van der Waals surface area contributed by atoms with E-state index in [4.69, 9.17) is 9.47 Å². The van der Waals surface area contributed by atoms with Crippen LogP contribution in [0.5, 0.6) is 11.5 Å². The summed E-state index contributed by atoms with van der Waals surface area (Å²) in [4.78, 5) is 26.9. The van der Waals surface area contributed by atoms with Crippen molar-refractivity contribution in [3.63, 3.8) is 0 Å². The molecule has 2 aromatic rings. The second kappa shape index (κ2) is 8.77. The van der Waals surface area contributed by atoms with Crippen molar-refractivity contribution in [2.75, 3.05) is 32.6 Å². The van der Waals surface area contributed by atoms with Gasteiger partial charge in [-0.25, -0.2) is 4.68 Å². The van der Waals surface area contributed by atoms with E-state index in [1.807, 2.05) is 23.1 Å². The summed E-state index contributed by atoms with van der Waals surface area (Å²) in [6.07, 6.45) is 5.09. The first-order chi connectivity index (χ1) is 14.6. The Balaban J connectivity index is 1.38. The summed E-state index contributed by atoms with van der Waals surface area (Å²) >= 11 is 0. The lowest BCUT2D eigenvalue weighted by Crippen LogP contribution is -2.42. The quantitative estimate of drug-likeness (QED) is 0.755. The predicted octanol–water partition coefficient (Wildman–Crippen LogP) is 2.54. The highest BCUT2D eigenvalue weighted by atomic mass is 16.5. The first-order valence-corrected chi connectivity index (χ1v) is 10.4. The van der Waals surface area contributed by atoms with Gasteiger partial charge in [-0.3, -0.25) is 9.59 Å². The van der Waals surface area contributed by atoms with Crippen LogP contribution in [-0.2, 0) is 16.1 Å². The van der Waals surface area contributed by atoms with Gasteiger partial charge in [0.2, 0.25) is 11.8 Å². The van der Waals surface area contributed by atoms with E-state index in [1.54, 1.807) is 31.2 Å². The van der Waals surface area contributed by atoms with Crippen LogP contribution in [0.4, 0.5) is 5.82 Å². The molecular formula is C22H28N4O4. The SMILES string of the molecule is COc1cccc(Cn2nccc2NC(=O)C2CCN(C(=O)C3CC3)CC2)c1OC. The molecule has 0 bridgehead atoms. The first-order valence-electron chi connectivity index (χ1n) is 10.4. The third-order valence-electron chi connectivity index (χ3n) is 5.88. The number of rotatable bonds is 7. The predicted molar refractivity (Wildman–Crippen MR) is 112 cm³/mol. The topological polar surface area (TPSA) is 85.7 Å². The van der Waals surface area contributed by atoms with Crippen molar-refractivity contribution in [1.82, 2.24) is 14.7 Å². The molecule has 1 aromatic heterocycles. The molecular weight excluding hydrogens is 384 g/mol. The van der Waals surface area contributed by atoms with Crippen LogP contribution in [-0.4, -0.2) is 53.8 Å².